The predicted molar refractivity (Wildman–Crippen MR) is 114 cm³/mol. The van der Waals surface area contributed by atoms with Crippen LogP contribution >= 0.6 is 0 Å². The summed E-state index contributed by atoms with van der Waals surface area (Å²) in [4.78, 5) is 11.0. The van der Waals surface area contributed by atoms with E-state index in [-0.39, 0.29) is 5.97 Å². The third kappa shape index (κ3) is 14.2. The Morgan fingerprint density at radius 3 is 1.54 bits per heavy atom. The predicted octanol–water partition coefficient (Wildman–Crippen LogP) is 5.59. The fourth-order valence-electron chi connectivity index (χ4n) is 2.27. The van der Waals surface area contributed by atoms with Crippen molar-refractivity contribution in [2.45, 2.75) is 96.3 Å². The van der Waals surface area contributed by atoms with E-state index < -0.39 is 18.4 Å². The van der Waals surface area contributed by atoms with E-state index in [1.807, 2.05) is 0 Å². The molecule has 0 bridgehead atoms. The molecule has 144 valence electrons. The van der Waals surface area contributed by atoms with Gasteiger partial charge in [-0.05, 0) is 0 Å². The molecular formula is C23H36O2Sn. The van der Waals surface area contributed by atoms with Gasteiger partial charge in [-0.1, -0.05) is 0 Å². The summed E-state index contributed by atoms with van der Waals surface area (Å²) in [7, 11) is 0. The zero-order valence-corrected chi connectivity index (χ0v) is 20.2. The number of carbonyl (C=O) groups is 1. The molecule has 0 rings (SSSR count). The molecule has 0 unspecified atom stereocenters. The Kier molecular flexibility index (Phi) is 16.7. The fraction of sp³-hybridized carbons (Fsp3) is 0.696. The molecule has 0 fully saturated rings. The Bertz CT molecular complexity index is 496. The summed E-state index contributed by atoms with van der Waals surface area (Å²) in [5.74, 6) is 9.95. The minimum atomic E-state index is -3.16. The van der Waals surface area contributed by atoms with Gasteiger partial charge in [0.25, 0.3) is 0 Å². The topological polar surface area (TPSA) is 26.3 Å². The Labute approximate surface area is 166 Å². The molecule has 0 saturated carbocycles. The van der Waals surface area contributed by atoms with Crippen molar-refractivity contribution in [1.29, 1.82) is 0 Å². The summed E-state index contributed by atoms with van der Waals surface area (Å²) in [5.41, 5.74) is 0. The molecule has 0 aliphatic heterocycles. The van der Waals surface area contributed by atoms with Gasteiger partial charge in [0.1, 0.15) is 0 Å². The van der Waals surface area contributed by atoms with E-state index in [4.69, 9.17) is 4.74 Å². The van der Waals surface area contributed by atoms with Crippen molar-refractivity contribution >= 4 is 24.3 Å². The zero-order chi connectivity index (χ0) is 19.5. The molecule has 0 amide bonds. The van der Waals surface area contributed by atoms with E-state index in [0.717, 1.165) is 68.6 Å². The van der Waals surface area contributed by atoms with Gasteiger partial charge >= 0.3 is 166 Å². The van der Waals surface area contributed by atoms with Gasteiger partial charge in [-0.15, -0.1) is 0 Å². The first kappa shape index (κ1) is 24.9. The SMILES string of the molecule is CCCCC#[C][Sn]([C]#CCCCC)([C]#CCCCC)[CH2]CCOC(C)=O. The van der Waals surface area contributed by atoms with E-state index in [0.29, 0.717) is 6.61 Å². The number of carbonyl (C=O) groups excluding carboxylic acids is 1. The van der Waals surface area contributed by atoms with Gasteiger partial charge in [0, 0.05) is 0 Å². The van der Waals surface area contributed by atoms with Crippen LogP contribution in [-0.4, -0.2) is 31.0 Å². The number of hydrogen-bond donors (Lipinski definition) is 0. The first-order valence-corrected chi connectivity index (χ1v) is 16.5. The minimum absolute atomic E-state index is 0.220. The second-order valence-corrected chi connectivity index (χ2v) is 15.3. The third-order valence-electron chi connectivity index (χ3n) is 3.87. The number of hydrogen-bond acceptors (Lipinski definition) is 2. The first-order chi connectivity index (χ1) is 12.6. The van der Waals surface area contributed by atoms with Gasteiger partial charge in [0.05, 0.1) is 0 Å². The maximum atomic E-state index is 11.0. The molecule has 0 spiro atoms. The van der Waals surface area contributed by atoms with Crippen molar-refractivity contribution in [3.63, 3.8) is 0 Å². The van der Waals surface area contributed by atoms with Crippen molar-refractivity contribution in [3.8, 4) is 29.6 Å². The molecule has 26 heavy (non-hydrogen) atoms. The Balaban J connectivity index is 5.32. The molecule has 0 heterocycles. The van der Waals surface area contributed by atoms with E-state index in [1.54, 1.807) is 0 Å². The van der Waals surface area contributed by atoms with Crippen LogP contribution < -0.4 is 0 Å². The summed E-state index contributed by atoms with van der Waals surface area (Å²) in [6.45, 7) is 8.47. The van der Waals surface area contributed by atoms with Gasteiger partial charge in [0.15, 0.2) is 0 Å². The molecule has 0 aliphatic rings. The van der Waals surface area contributed by atoms with Crippen LogP contribution in [0.15, 0.2) is 0 Å². The van der Waals surface area contributed by atoms with Gasteiger partial charge in [0.2, 0.25) is 0 Å². The third-order valence-corrected chi connectivity index (χ3v) is 12.2. The molecule has 0 atom stereocenters. The molecule has 0 aromatic rings. The summed E-state index contributed by atoms with van der Waals surface area (Å²) >= 11 is -3.16. The number of rotatable bonds is 10. The second-order valence-electron chi connectivity index (χ2n) is 6.56. The number of unbranched alkanes of at least 4 members (excludes halogenated alkanes) is 6. The van der Waals surface area contributed by atoms with Crippen molar-refractivity contribution in [1.82, 2.24) is 0 Å². The van der Waals surface area contributed by atoms with E-state index in [2.05, 4.69) is 50.3 Å². The molecule has 0 radical (unpaired) electrons. The van der Waals surface area contributed by atoms with Crippen LogP contribution in [-0.2, 0) is 9.53 Å². The van der Waals surface area contributed by atoms with Crippen LogP contribution in [0.2, 0.25) is 4.44 Å². The summed E-state index contributed by atoms with van der Waals surface area (Å²) < 4.78 is 16.8. The Morgan fingerprint density at radius 1 is 0.769 bits per heavy atom. The van der Waals surface area contributed by atoms with E-state index in [9.17, 15) is 4.79 Å². The average Bonchev–Trinajstić information content (AvgIpc) is 2.63. The molecule has 0 aromatic heterocycles. The zero-order valence-electron chi connectivity index (χ0n) is 17.3. The van der Waals surface area contributed by atoms with Crippen molar-refractivity contribution in [3.05, 3.63) is 0 Å². The van der Waals surface area contributed by atoms with Crippen molar-refractivity contribution < 1.29 is 9.53 Å². The van der Waals surface area contributed by atoms with Crippen LogP contribution in [0.5, 0.6) is 0 Å². The quantitative estimate of drug-likeness (QED) is 0.183. The van der Waals surface area contributed by atoms with Crippen LogP contribution in [0, 0.1) is 29.6 Å². The molecule has 0 aliphatic carbocycles. The molecule has 0 aromatic carbocycles. The Hall–Kier alpha value is -1.05. The summed E-state index contributed by atoms with van der Waals surface area (Å²) in [5, 5.41) is 0. The van der Waals surface area contributed by atoms with E-state index in [1.165, 1.54) is 6.92 Å². The van der Waals surface area contributed by atoms with Crippen LogP contribution in [0.25, 0.3) is 0 Å². The van der Waals surface area contributed by atoms with E-state index >= 15 is 0 Å². The second kappa shape index (κ2) is 17.4. The summed E-state index contributed by atoms with van der Waals surface area (Å²) in [6.07, 6.45) is 10.5. The van der Waals surface area contributed by atoms with Crippen molar-refractivity contribution in [2.24, 2.45) is 0 Å². The van der Waals surface area contributed by atoms with Crippen LogP contribution in [0.1, 0.15) is 91.9 Å². The van der Waals surface area contributed by atoms with Gasteiger partial charge in [-0.2, -0.15) is 0 Å². The molecule has 0 N–H and O–H groups in total. The summed E-state index contributed by atoms with van der Waals surface area (Å²) in [6, 6.07) is 0. The van der Waals surface area contributed by atoms with Crippen LogP contribution in [0.3, 0.4) is 0 Å². The normalized spacial score (nSPS) is 9.85. The molecule has 2 nitrogen and oxygen atoms in total. The fourth-order valence-corrected chi connectivity index (χ4v) is 9.46. The van der Waals surface area contributed by atoms with Gasteiger partial charge in [-0.3, -0.25) is 0 Å². The number of ether oxygens (including phenoxy) is 1. The molecule has 0 saturated heterocycles. The maximum absolute atomic E-state index is 11.0. The first-order valence-electron chi connectivity index (χ1n) is 10.2. The van der Waals surface area contributed by atoms with Gasteiger partial charge in [-0.25, -0.2) is 0 Å². The van der Waals surface area contributed by atoms with Gasteiger partial charge < -0.3 is 0 Å². The molecular weight excluding hydrogens is 427 g/mol. The Morgan fingerprint density at radius 2 is 1.19 bits per heavy atom. The molecule has 3 heteroatoms. The van der Waals surface area contributed by atoms with Crippen LogP contribution in [0.4, 0.5) is 0 Å². The standard InChI is InChI=1S/3C6H9.C5H9O2.Sn/c3*1-3-5-6-4-2;1-3-4-7-5(2)6;/h3*3,5-6H2,1H3;1,3-4H2,2H3;. The van der Waals surface area contributed by atoms with Crippen molar-refractivity contribution in [2.75, 3.05) is 6.61 Å². The monoisotopic (exact) mass is 464 g/mol. The average molecular weight is 463 g/mol. The number of esters is 1.